The third-order valence-electron chi connectivity index (χ3n) is 0.268. The second kappa shape index (κ2) is 7.63. The average molecular weight is 164 g/mol. The maximum atomic E-state index is 8.25. The highest BCUT2D eigenvalue weighted by molar-refractivity contribution is 7.79. The molecule has 7 N–H and O–H groups in total. The molecule has 0 rings (SSSR count). The SMILES string of the molecule is NC(=S)[NH+]=C(N)N.O=C[O-]. The fourth-order valence-electron chi connectivity index (χ4n) is 0.142. The van der Waals surface area contributed by atoms with Crippen LogP contribution in [0.2, 0.25) is 0 Å². The maximum absolute atomic E-state index is 8.25. The van der Waals surface area contributed by atoms with Crippen LogP contribution in [0.15, 0.2) is 0 Å². The average Bonchev–Trinajstić information content (AvgIpc) is 1.62. The molecular formula is C3H8N4O2S. The minimum atomic E-state index is -0.500. The molecule has 6 nitrogen and oxygen atoms in total. The van der Waals surface area contributed by atoms with E-state index in [9.17, 15) is 0 Å². The Kier molecular flexibility index (Phi) is 8.72. The molecule has 7 heteroatoms. The van der Waals surface area contributed by atoms with Gasteiger partial charge in [-0.25, -0.2) is 4.99 Å². The van der Waals surface area contributed by atoms with Crippen LogP contribution in [-0.4, -0.2) is 17.5 Å². The van der Waals surface area contributed by atoms with E-state index in [4.69, 9.17) is 27.1 Å². The normalized spacial score (nSPS) is 6.40. The lowest BCUT2D eigenvalue weighted by Crippen LogP contribution is -2.83. The van der Waals surface area contributed by atoms with Crippen LogP contribution >= 0.6 is 12.2 Å². The first kappa shape index (κ1) is 11.4. The molecule has 0 aromatic rings. The zero-order valence-electron chi connectivity index (χ0n) is 5.03. The zero-order valence-corrected chi connectivity index (χ0v) is 5.85. The Morgan fingerprint density at radius 1 is 1.50 bits per heavy atom. The summed E-state index contributed by atoms with van der Waals surface area (Å²) in [6.07, 6.45) is 0. The van der Waals surface area contributed by atoms with E-state index < -0.39 is 6.47 Å². The van der Waals surface area contributed by atoms with Crippen LogP contribution in [0.5, 0.6) is 0 Å². The van der Waals surface area contributed by atoms with Gasteiger partial charge < -0.3 is 27.1 Å². The molecule has 58 valence electrons. The Hall–Kier alpha value is -1.37. The van der Waals surface area contributed by atoms with Crippen LogP contribution in [0.1, 0.15) is 0 Å². The number of carbonyl (C=O) groups is 1. The minimum Gasteiger partial charge on any atom is -0.554 e. The smallest absolute Gasteiger partial charge is 0.303 e. The van der Waals surface area contributed by atoms with Crippen molar-refractivity contribution in [1.82, 2.24) is 0 Å². The van der Waals surface area contributed by atoms with Gasteiger partial charge in [0, 0.05) is 6.47 Å². The molecule has 0 aromatic carbocycles. The highest BCUT2D eigenvalue weighted by Gasteiger charge is 1.83. The van der Waals surface area contributed by atoms with Crippen molar-refractivity contribution >= 4 is 29.8 Å². The highest BCUT2D eigenvalue weighted by Crippen LogP contribution is 1.31. The van der Waals surface area contributed by atoms with Gasteiger partial charge in [-0.15, -0.1) is 0 Å². The molecule has 0 unspecified atom stereocenters. The Balaban J connectivity index is 0. The largest absolute Gasteiger partial charge is 0.554 e. The number of guanidine groups is 1. The van der Waals surface area contributed by atoms with E-state index in [1.165, 1.54) is 0 Å². The van der Waals surface area contributed by atoms with E-state index >= 15 is 0 Å². The maximum Gasteiger partial charge on any atom is 0.303 e. The first-order valence-electron chi connectivity index (χ1n) is 2.04. The van der Waals surface area contributed by atoms with Crippen molar-refractivity contribution in [3.8, 4) is 0 Å². The van der Waals surface area contributed by atoms with Crippen LogP contribution in [0.4, 0.5) is 0 Å². The molecule has 10 heavy (non-hydrogen) atoms. The van der Waals surface area contributed by atoms with Crippen molar-refractivity contribution < 1.29 is 14.9 Å². The van der Waals surface area contributed by atoms with Crippen LogP contribution in [0.3, 0.4) is 0 Å². The predicted molar refractivity (Wildman–Crippen MR) is 37.2 cm³/mol. The van der Waals surface area contributed by atoms with Gasteiger partial charge in [0.25, 0.3) is 5.11 Å². The van der Waals surface area contributed by atoms with Crippen molar-refractivity contribution in [2.24, 2.45) is 17.2 Å². The van der Waals surface area contributed by atoms with Crippen LogP contribution in [0.25, 0.3) is 0 Å². The van der Waals surface area contributed by atoms with Gasteiger partial charge in [-0.3, -0.25) is 0 Å². The third kappa shape index (κ3) is 30.4. The first-order valence-corrected chi connectivity index (χ1v) is 2.45. The molecule has 0 aliphatic carbocycles. The number of hydrogen-bond donors (Lipinski definition) is 4. The second-order valence-electron chi connectivity index (χ2n) is 1.04. The van der Waals surface area contributed by atoms with Crippen molar-refractivity contribution in [1.29, 1.82) is 0 Å². The van der Waals surface area contributed by atoms with Crippen molar-refractivity contribution in [3.63, 3.8) is 0 Å². The molecule has 0 atom stereocenters. The summed E-state index contributed by atoms with van der Waals surface area (Å²) < 4.78 is 0. The van der Waals surface area contributed by atoms with E-state index in [0.717, 1.165) is 0 Å². The van der Waals surface area contributed by atoms with E-state index in [1.54, 1.807) is 0 Å². The zero-order chi connectivity index (χ0) is 8.57. The molecule has 0 spiro atoms. The standard InChI is InChI=1S/C2H6N4S.CH2O2/c3-1(4)6-2(5)7;2-1-3/h(H6,3,4,5,6,7);1H,(H,2,3). The minimum absolute atomic E-state index is 0.0208. The quantitative estimate of drug-likeness (QED) is 0.123. The van der Waals surface area contributed by atoms with Crippen LogP contribution in [-0.2, 0) is 4.79 Å². The summed E-state index contributed by atoms with van der Waals surface area (Å²) in [4.78, 5) is 10.5. The number of carboxylic acid groups (broad SMARTS) is 1. The molecule has 0 bridgehead atoms. The van der Waals surface area contributed by atoms with Gasteiger partial charge in [-0.2, -0.15) is 0 Å². The summed E-state index contributed by atoms with van der Waals surface area (Å²) in [7, 11) is 0. The third-order valence-corrected chi connectivity index (χ3v) is 0.370. The van der Waals surface area contributed by atoms with Gasteiger partial charge >= 0.3 is 5.96 Å². The molecular weight excluding hydrogens is 156 g/mol. The fourth-order valence-corrected chi connectivity index (χ4v) is 0.260. The Morgan fingerprint density at radius 2 is 1.80 bits per heavy atom. The Morgan fingerprint density at radius 3 is 1.80 bits per heavy atom. The van der Waals surface area contributed by atoms with Crippen LogP contribution < -0.4 is 27.3 Å². The number of nitrogens with one attached hydrogen (secondary N) is 1. The molecule has 0 aliphatic heterocycles. The van der Waals surface area contributed by atoms with Crippen LogP contribution in [0, 0.1) is 0 Å². The van der Waals surface area contributed by atoms with E-state index in [1.807, 2.05) is 0 Å². The van der Waals surface area contributed by atoms with E-state index in [0.29, 0.717) is 0 Å². The molecule has 0 amide bonds. The van der Waals surface area contributed by atoms with Gasteiger partial charge in [0.2, 0.25) is 0 Å². The summed E-state index contributed by atoms with van der Waals surface area (Å²) in [5.41, 5.74) is 14.8. The number of hydrogen-bond acceptors (Lipinski definition) is 3. The fraction of sp³-hybridized carbons (Fsp3) is 0. The summed E-state index contributed by atoms with van der Waals surface area (Å²) in [6.45, 7) is -0.500. The number of rotatable bonds is 0. The lowest BCUT2D eigenvalue weighted by Gasteiger charge is -1.80. The van der Waals surface area contributed by atoms with Gasteiger partial charge in [0.15, 0.2) is 0 Å². The summed E-state index contributed by atoms with van der Waals surface area (Å²) >= 11 is 4.36. The van der Waals surface area contributed by atoms with Crippen molar-refractivity contribution in [2.45, 2.75) is 0 Å². The van der Waals surface area contributed by atoms with Gasteiger partial charge in [-0.05, 0) is 12.2 Å². The van der Waals surface area contributed by atoms with E-state index in [-0.39, 0.29) is 11.1 Å². The summed E-state index contributed by atoms with van der Waals surface area (Å²) in [5.74, 6) is 0.0208. The molecule has 0 radical (unpaired) electrons. The van der Waals surface area contributed by atoms with Crippen molar-refractivity contribution in [2.75, 3.05) is 0 Å². The van der Waals surface area contributed by atoms with Gasteiger partial charge in [0.05, 0.1) is 0 Å². The second-order valence-corrected chi connectivity index (χ2v) is 1.48. The lowest BCUT2D eigenvalue weighted by atomic mass is 11.0. The van der Waals surface area contributed by atoms with Gasteiger partial charge in [0.1, 0.15) is 0 Å². The number of nitrogens with two attached hydrogens (primary N) is 3. The molecule has 0 aliphatic rings. The first-order chi connectivity index (χ1) is 4.54. The van der Waals surface area contributed by atoms with E-state index in [2.05, 4.69) is 17.2 Å². The lowest BCUT2D eigenvalue weighted by molar-refractivity contribution is -0.315. The highest BCUT2D eigenvalue weighted by atomic mass is 32.1. The van der Waals surface area contributed by atoms with Crippen molar-refractivity contribution in [3.05, 3.63) is 0 Å². The Labute approximate surface area is 62.7 Å². The predicted octanol–water partition coefficient (Wildman–Crippen LogP) is -5.05. The number of carbonyl (C=O) groups excluding carboxylic acids is 1. The molecule has 0 fully saturated rings. The molecule has 0 saturated heterocycles. The Bertz CT molecular complexity index is 141. The molecule has 0 heterocycles. The monoisotopic (exact) mass is 164 g/mol. The summed E-state index contributed by atoms with van der Waals surface area (Å²) in [5, 5.41) is 8.33. The summed E-state index contributed by atoms with van der Waals surface area (Å²) in [6, 6.07) is 0. The molecule has 0 aromatic heterocycles. The number of thiocarbonyl (C=S) groups is 1. The van der Waals surface area contributed by atoms with Gasteiger partial charge in [-0.1, -0.05) is 0 Å². The molecule has 0 saturated carbocycles. The topological polar surface area (TPSA) is 132 Å².